The highest BCUT2D eigenvalue weighted by Gasteiger charge is 2.27. The van der Waals surface area contributed by atoms with Gasteiger partial charge in [0.15, 0.2) is 11.2 Å². The van der Waals surface area contributed by atoms with Gasteiger partial charge in [0, 0.05) is 74.7 Å². The van der Waals surface area contributed by atoms with Crippen molar-refractivity contribution in [2.45, 2.75) is 20.8 Å². The second kappa shape index (κ2) is 24.7. The summed E-state index contributed by atoms with van der Waals surface area (Å²) in [5.41, 5.74) is 17.8. The van der Waals surface area contributed by atoms with E-state index in [1.807, 2.05) is 165 Å². The van der Waals surface area contributed by atoms with Crippen molar-refractivity contribution >= 4 is 115 Å². The number of allylic oxidation sites excluding steroid dienone is 4. The standard InChI is InChI=1S/2C26H17Cl2NO.C19H12Cl2O2/c1-16-8-5-6-11-19(16)20-14-18(24-21(27)12-7-13-22(24)28)15-23-25(20)29-26(30-23)17-9-3-2-4-10-17;1-16-8-5-6-11-19(16)20-14-18(24-21(27)12-7-13-22(24)28)15-23-25(20)30-26(29-23)17-9-3-2-4-10-17;1-11-5-2-3-6-13(11)14-9-12(10-17(22)19(14)23)18-15(20)7-4-8-16(18)21/h2*2-15H,1H3;2-10H,1H3. The van der Waals surface area contributed by atoms with Crippen LogP contribution in [0.3, 0.4) is 0 Å². The van der Waals surface area contributed by atoms with Crippen LogP contribution in [0.1, 0.15) is 27.8 Å². The van der Waals surface area contributed by atoms with Crippen molar-refractivity contribution in [3.63, 3.8) is 0 Å². The molecule has 0 fully saturated rings. The lowest BCUT2D eigenvalue weighted by Gasteiger charge is -2.16. The molecule has 12 aromatic rings. The molecule has 13 rings (SSSR count). The molecule has 406 valence electrons. The maximum Gasteiger partial charge on any atom is 0.233 e. The average Bonchev–Trinajstić information content (AvgIpc) is 3.98. The van der Waals surface area contributed by atoms with Gasteiger partial charge in [-0.3, -0.25) is 9.59 Å². The van der Waals surface area contributed by atoms with Gasteiger partial charge >= 0.3 is 0 Å². The summed E-state index contributed by atoms with van der Waals surface area (Å²) in [6, 6.07) is 68.0. The predicted octanol–water partition coefficient (Wildman–Crippen LogP) is 21.8. The maximum atomic E-state index is 12.3. The van der Waals surface area contributed by atoms with Gasteiger partial charge in [-0.25, -0.2) is 9.97 Å². The summed E-state index contributed by atoms with van der Waals surface area (Å²) >= 11 is 38.5. The minimum absolute atomic E-state index is 0.363. The van der Waals surface area contributed by atoms with Crippen molar-refractivity contribution in [1.29, 1.82) is 0 Å². The third-order valence-electron chi connectivity index (χ3n) is 14.1. The average molecular weight is 1200 g/mol. The van der Waals surface area contributed by atoms with E-state index in [-0.39, 0.29) is 0 Å². The lowest BCUT2D eigenvalue weighted by molar-refractivity contribution is -0.130. The van der Waals surface area contributed by atoms with Crippen LogP contribution in [0.25, 0.3) is 101 Å². The summed E-state index contributed by atoms with van der Waals surface area (Å²) in [5, 5.41) is 3.27. The second-order valence-electron chi connectivity index (χ2n) is 19.6. The van der Waals surface area contributed by atoms with Gasteiger partial charge in [-0.05, 0) is 168 Å². The molecule has 0 saturated carbocycles. The number of hydrogen-bond acceptors (Lipinski definition) is 6. The summed E-state index contributed by atoms with van der Waals surface area (Å²) in [6.45, 7) is 6.08. The van der Waals surface area contributed by atoms with Crippen LogP contribution < -0.4 is 0 Å². The molecule has 10 aromatic carbocycles. The van der Waals surface area contributed by atoms with Crippen molar-refractivity contribution in [2.24, 2.45) is 0 Å². The summed E-state index contributed by atoms with van der Waals surface area (Å²) in [4.78, 5) is 34.1. The van der Waals surface area contributed by atoms with Crippen LogP contribution >= 0.6 is 69.6 Å². The maximum absolute atomic E-state index is 12.3. The van der Waals surface area contributed by atoms with Gasteiger partial charge in [-0.1, -0.05) is 197 Å². The molecule has 0 amide bonds. The first-order chi connectivity index (χ1) is 40.2. The number of halogens is 6. The molecule has 0 unspecified atom stereocenters. The van der Waals surface area contributed by atoms with Gasteiger partial charge in [-0.15, -0.1) is 0 Å². The smallest absolute Gasteiger partial charge is 0.233 e. The van der Waals surface area contributed by atoms with Crippen LogP contribution in [0.2, 0.25) is 30.1 Å². The normalized spacial score (nSPS) is 12.1. The first-order valence-electron chi connectivity index (χ1n) is 26.3. The van der Waals surface area contributed by atoms with Crippen LogP contribution in [-0.4, -0.2) is 21.5 Å². The Morgan fingerprint density at radius 2 is 0.783 bits per heavy atom. The quantitative estimate of drug-likeness (QED) is 0.111. The topological polar surface area (TPSA) is 86.2 Å². The van der Waals surface area contributed by atoms with Crippen molar-refractivity contribution in [2.75, 3.05) is 0 Å². The van der Waals surface area contributed by atoms with Crippen LogP contribution in [0, 0.1) is 20.8 Å². The van der Waals surface area contributed by atoms with E-state index >= 15 is 0 Å². The Morgan fingerprint density at radius 1 is 0.361 bits per heavy atom. The second-order valence-corrected chi connectivity index (χ2v) is 22.0. The van der Waals surface area contributed by atoms with Crippen molar-refractivity contribution < 1.29 is 18.4 Å². The molecular formula is C71H46Cl6N2O4. The molecule has 0 bridgehead atoms. The van der Waals surface area contributed by atoms with E-state index in [9.17, 15) is 9.59 Å². The zero-order valence-corrected chi connectivity index (χ0v) is 49.2. The van der Waals surface area contributed by atoms with Gasteiger partial charge in [0.1, 0.15) is 11.0 Å². The lowest BCUT2D eigenvalue weighted by atomic mass is 9.87. The van der Waals surface area contributed by atoms with E-state index in [0.717, 1.165) is 94.5 Å². The fourth-order valence-electron chi connectivity index (χ4n) is 10.1. The third kappa shape index (κ3) is 11.9. The van der Waals surface area contributed by atoms with Gasteiger partial charge in [-0.2, -0.15) is 0 Å². The number of aromatic nitrogens is 2. The largest absolute Gasteiger partial charge is 0.436 e. The molecule has 1 aliphatic rings. The van der Waals surface area contributed by atoms with Crippen LogP contribution in [0.15, 0.2) is 233 Å². The number of Topliss-reactive ketones (excluding diaryl/α,β-unsaturated/α-hetero) is 1. The summed E-state index contributed by atoms with van der Waals surface area (Å²) < 4.78 is 12.5. The molecular weight excluding hydrogens is 1160 g/mol. The van der Waals surface area contributed by atoms with Crippen LogP contribution in [0.5, 0.6) is 0 Å². The minimum Gasteiger partial charge on any atom is -0.436 e. The minimum atomic E-state index is -0.572. The van der Waals surface area contributed by atoms with Crippen LogP contribution in [-0.2, 0) is 9.59 Å². The zero-order chi connectivity index (χ0) is 57.9. The fraction of sp³-hybridized carbons (Fsp3) is 0.0423. The van der Waals surface area contributed by atoms with Crippen LogP contribution in [0.4, 0.5) is 0 Å². The molecule has 0 spiro atoms. The number of ketones is 2. The molecule has 2 heterocycles. The van der Waals surface area contributed by atoms with Crippen molar-refractivity contribution in [3.05, 3.63) is 282 Å². The molecule has 0 saturated heterocycles. The molecule has 6 nitrogen and oxygen atoms in total. The Hall–Kier alpha value is -8.30. The molecule has 0 N–H and O–H groups in total. The van der Waals surface area contributed by atoms with Crippen molar-refractivity contribution in [3.8, 4) is 67.4 Å². The predicted molar refractivity (Wildman–Crippen MR) is 344 cm³/mol. The van der Waals surface area contributed by atoms with E-state index in [1.165, 1.54) is 6.08 Å². The number of nitrogens with zero attached hydrogens (tertiary/aromatic N) is 2. The van der Waals surface area contributed by atoms with E-state index in [1.54, 1.807) is 24.3 Å². The number of carbonyl (C=O) groups is 2. The SMILES string of the molecule is Cc1ccccc1-c1cc(-c2c(Cl)cccc2Cl)cc2nc(-c3ccccc3)oc12.Cc1ccccc1-c1cc(-c2c(Cl)cccc2Cl)cc2oc(-c3ccccc3)nc12.Cc1ccccc1C1=CC(c2c(Cl)cccc2Cl)=CC(=O)C1=O. The highest BCUT2D eigenvalue weighted by atomic mass is 35.5. The monoisotopic (exact) mass is 1200 g/mol. The first-order valence-corrected chi connectivity index (χ1v) is 28.5. The number of oxazole rings is 2. The Kier molecular flexibility index (Phi) is 16.8. The van der Waals surface area contributed by atoms with E-state index in [4.69, 9.17) is 88.4 Å². The Labute approximate surface area is 509 Å². The molecule has 0 radical (unpaired) electrons. The summed E-state index contributed by atoms with van der Waals surface area (Å²) in [5.74, 6) is 0.0774. The highest BCUT2D eigenvalue weighted by molar-refractivity contribution is 6.60. The molecule has 2 aromatic heterocycles. The lowest BCUT2D eigenvalue weighted by Crippen LogP contribution is -2.17. The van der Waals surface area contributed by atoms with Crippen molar-refractivity contribution in [1.82, 2.24) is 9.97 Å². The number of rotatable bonds is 8. The Morgan fingerprint density at radius 3 is 1.29 bits per heavy atom. The Bertz CT molecular complexity index is 4270. The number of aryl methyl sites for hydroxylation is 3. The van der Waals surface area contributed by atoms with E-state index in [2.05, 4.69) is 50.2 Å². The molecule has 12 heteroatoms. The zero-order valence-electron chi connectivity index (χ0n) is 44.7. The Balaban J connectivity index is 0.000000132. The van der Waals surface area contributed by atoms with E-state index < -0.39 is 11.6 Å². The third-order valence-corrected chi connectivity index (χ3v) is 16.0. The number of carbonyl (C=O) groups excluding carboxylic acids is 2. The van der Waals surface area contributed by atoms with Gasteiger partial charge in [0.25, 0.3) is 0 Å². The summed E-state index contributed by atoms with van der Waals surface area (Å²) in [7, 11) is 0. The molecule has 0 aliphatic heterocycles. The van der Waals surface area contributed by atoms with Gasteiger partial charge in [0.2, 0.25) is 23.3 Å². The summed E-state index contributed by atoms with van der Waals surface area (Å²) in [6.07, 6.45) is 2.97. The van der Waals surface area contributed by atoms with Gasteiger partial charge in [0.05, 0.1) is 0 Å². The van der Waals surface area contributed by atoms with Gasteiger partial charge < -0.3 is 8.83 Å². The molecule has 0 atom stereocenters. The molecule has 1 aliphatic carbocycles. The molecule has 83 heavy (non-hydrogen) atoms. The highest BCUT2D eigenvalue weighted by Crippen LogP contribution is 2.44. The number of benzene rings is 10. The first kappa shape index (κ1) is 56.6. The number of fused-ring (bicyclic) bond motifs is 2. The fourth-order valence-corrected chi connectivity index (χ4v) is 11.9. The van der Waals surface area contributed by atoms with E-state index in [0.29, 0.717) is 64.2 Å². The number of hydrogen-bond donors (Lipinski definition) is 0.